The molecule has 1 aromatic heterocycles. The number of rotatable bonds is 6. The molecule has 4 heteroatoms. The van der Waals surface area contributed by atoms with Crippen molar-refractivity contribution in [1.82, 2.24) is 14.9 Å². The first-order valence-corrected chi connectivity index (χ1v) is 6.98. The van der Waals surface area contributed by atoms with E-state index in [1.54, 1.807) is 0 Å². The molecule has 2 rings (SSSR count). The lowest BCUT2D eigenvalue weighted by molar-refractivity contribution is 0.533. The number of aromatic nitrogens is 2. The molecule has 0 bridgehead atoms. The number of hydrogen-bond donors (Lipinski definition) is 1. The third kappa shape index (κ3) is 4.08. The van der Waals surface area contributed by atoms with Crippen LogP contribution in [-0.4, -0.2) is 16.1 Å². The summed E-state index contributed by atoms with van der Waals surface area (Å²) in [4.78, 5) is 4.40. The molecule has 0 aliphatic rings. The van der Waals surface area contributed by atoms with Gasteiger partial charge in [0.05, 0.1) is 13.1 Å². The molecular formula is C15H20ClN3. The summed E-state index contributed by atoms with van der Waals surface area (Å²) in [6.07, 6.45) is 3.83. The number of nitrogens with one attached hydrogen (secondary N) is 1. The van der Waals surface area contributed by atoms with Crippen LogP contribution in [0.3, 0.4) is 0 Å². The molecule has 0 saturated heterocycles. The van der Waals surface area contributed by atoms with Crippen molar-refractivity contribution in [3.8, 4) is 0 Å². The fourth-order valence-electron chi connectivity index (χ4n) is 1.93. The maximum Gasteiger partial charge on any atom is 0.122 e. The third-order valence-electron chi connectivity index (χ3n) is 2.94. The molecule has 0 unspecified atom stereocenters. The molecule has 1 N–H and O–H groups in total. The molecule has 0 fully saturated rings. The Balaban J connectivity index is 2.01. The van der Waals surface area contributed by atoms with Crippen LogP contribution < -0.4 is 5.32 Å². The summed E-state index contributed by atoms with van der Waals surface area (Å²) in [5.41, 5.74) is 1.12. The monoisotopic (exact) mass is 277 g/mol. The van der Waals surface area contributed by atoms with Crippen molar-refractivity contribution in [2.24, 2.45) is 5.92 Å². The van der Waals surface area contributed by atoms with E-state index in [9.17, 15) is 0 Å². The van der Waals surface area contributed by atoms with Gasteiger partial charge in [0.2, 0.25) is 0 Å². The predicted octanol–water partition coefficient (Wildman–Crippen LogP) is 3.33. The normalized spacial score (nSPS) is 11.2. The summed E-state index contributed by atoms with van der Waals surface area (Å²) in [5.74, 6) is 1.69. The van der Waals surface area contributed by atoms with Gasteiger partial charge in [0.15, 0.2) is 0 Å². The van der Waals surface area contributed by atoms with Crippen LogP contribution in [0.1, 0.15) is 25.2 Å². The molecule has 0 atom stereocenters. The van der Waals surface area contributed by atoms with Gasteiger partial charge >= 0.3 is 0 Å². The van der Waals surface area contributed by atoms with Crippen molar-refractivity contribution >= 4 is 11.6 Å². The SMILES string of the molecule is CC(C)CNCc1nccn1Cc1ccccc1Cl. The highest BCUT2D eigenvalue weighted by Gasteiger charge is 2.05. The maximum atomic E-state index is 6.19. The van der Waals surface area contributed by atoms with Gasteiger partial charge < -0.3 is 9.88 Å². The van der Waals surface area contributed by atoms with E-state index < -0.39 is 0 Å². The summed E-state index contributed by atoms with van der Waals surface area (Å²) in [6, 6.07) is 7.93. The Hall–Kier alpha value is -1.32. The van der Waals surface area contributed by atoms with Crippen molar-refractivity contribution in [1.29, 1.82) is 0 Å². The first kappa shape index (κ1) is 14.1. The van der Waals surface area contributed by atoms with Crippen LogP contribution >= 0.6 is 11.6 Å². The molecule has 0 spiro atoms. The van der Waals surface area contributed by atoms with Crippen LogP contribution in [0.4, 0.5) is 0 Å². The zero-order chi connectivity index (χ0) is 13.7. The van der Waals surface area contributed by atoms with Crippen LogP contribution in [0.25, 0.3) is 0 Å². The average Bonchev–Trinajstić information content (AvgIpc) is 2.79. The fourth-order valence-corrected chi connectivity index (χ4v) is 2.13. The molecule has 2 aromatic rings. The lowest BCUT2D eigenvalue weighted by Crippen LogP contribution is -2.21. The van der Waals surface area contributed by atoms with Crippen molar-refractivity contribution in [3.63, 3.8) is 0 Å². The minimum atomic E-state index is 0.645. The van der Waals surface area contributed by atoms with E-state index in [0.29, 0.717) is 5.92 Å². The Morgan fingerprint density at radius 2 is 2.11 bits per heavy atom. The van der Waals surface area contributed by atoms with Gasteiger partial charge in [-0.3, -0.25) is 0 Å². The fraction of sp³-hybridized carbons (Fsp3) is 0.400. The van der Waals surface area contributed by atoms with E-state index in [1.165, 1.54) is 0 Å². The summed E-state index contributed by atoms with van der Waals surface area (Å²) < 4.78 is 2.13. The molecule has 0 aliphatic heterocycles. The lowest BCUT2D eigenvalue weighted by atomic mass is 10.2. The minimum Gasteiger partial charge on any atom is -0.329 e. The highest BCUT2D eigenvalue weighted by molar-refractivity contribution is 6.31. The molecule has 1 heterocycles. The summed E-state index contributed by atoms with van der Waals surface area (Å²) in [5, 5.41) is 4.21. The predicted molar refractivity (Wildman–Crippen MR) is 79.3 cm³/mol. The lowest BCUT2D eigenvalue weighted by Gasteiger charge is -2.11. The van der Waals surface area contributed by atoms with E-state index in [2.05, 4.69) is 28.7 Å². The first-order valence-electron chi connectivity index (χ1n) is 6.61. The molecule has 1 aromatic carbocycles. The van der Waals surface area contributed by atoms with Crippen LogP contribution in [0.5, 0.6) is 0 Å². The standard InChI is InChI=1S/C15H20ClN3/c1-12(2)9-17-10-15-18-7-8-19(15)11-13-5-3-4-6-14(13)16/h3-8,12,17H,9-11H2,1-2H3. The Morgan fingerprint density at radius 1 is 1.32 bits per heavy atom. The largest absolute Gasteiger partial charge is 0.329 e. The molecule has 0 radical (unpaired) electrons. The topological polar surface area (TPSA) is 29.9 Å². The maximum absolute atomic E-state index is 6.19. The quantitative estimate of drug-likeness (QED) is 0.878. The smallest absolute Gasteiger partial charge is 0.122 e. The number of hydrogen-bond acceptors (Lipinski definition) is 2. The average molecular weight is 278 g/mol. The first-order chi connectivity index (χ1) is 9.16. The molecule has 0 amide bonds. The molecule has 3 nitrogen and oxygen atoms in total. The summed E-state index contributed by atoms with van der Waals surface area (Å²) in [7, 11) is 0. The van der Waals surface area contributed by atoms with Crippen LogP contribution in [-0.2, 0) is 13.1 Å². The second-order valence-corrected chi connectivity index (χ2v) is 5.49. The van der Waals surface area contributed by atoms with Gasteiger partial charge in [-0.1, -0.05) is 43.6 Å². The van der Waals surface area contributed by atoms with Gasteiger partial charge in [-0.2, -0.15) is 0 Å². The van der Waals surface area contributed by atoms with E-state index in [1.807, 2.05) is 36.7 Å². The molecular weight excluding hydrogens is 258 g/mol. The van der Waals surface area contributed by atoms with E-state index in [-0.39, 0.29) is 0 Å². The van der Waals surface area contributed by atoms with Gasteiger partial charge in [-0.15, -0.1) is 0 Å². The Morgan fingerprint density at radius 3 is 2.84 bits per heavy atom. The number of halogens is 1. The van der Waals surface area contributed by atoms with Crippen LogP contribution in [0.2, 0.25) is 5.02 Å². The van der Waals surface area contributed by atoms with Gasteiger partial charge in [-0.05, 0) is 24.1 Å². The Kier molecular flexibility index (Phi) is 5.00. The minimum absolute atomic E-state index is 0.645. The Bertz CT molecular complexity index is 520. The molecule has 19 heavy (non-hydrogen) atoms. The van der Waals surface area contributed by atoms with Crippen LogP contribution in [0.15, 0.2) is 36.7 Å². The van der Waals surface area contributed by atoms with Crippen molar-refractivity contribution in [2.75, 3.05) is 6.54 Å². The van der Waals surface area contributed by atoms with Crippen molar-refractivity contribution in [2.45, 2.75) is 26.9 Å². The number of benzene rings is 1. The Labute approximate surface area is 119 Å². The summed E-state index contributed by atoms with van der Waals surface area (Å²) >= 11 is 6.19. The van der Waals surface area contributed by atoms with Crippen molar-refractivity contribution in [3.05, 3.63) is 53.1 Å². The van der Waals surface area contributed by atoms with Gasteiger partial charge in [0, 0.05) is 17.4 Å². The van der Waals surface area contributed by atoms with E-state index >= 15 is 0 Å². The zero-order valence-corrected chi connectivity index (χ0v) is 12.2. The molecule has 0 aliphatic carbocycles. The molecule has 0 saturated carbocycles. The van der Waals surface area contributed by atoms with Gasteiger partial charge in [-0.25, -0.2) is 4.98 Å². The highest BCUT2D eigenvalue weighted by atomic mass is 35.5. The van der Waals surface area contributed by atoms with Crippen molar-refractivity contribution < 1.29 is 0 Å². The third-order valence-corrected chi connectivity index (χ3v) is 3.30. The summed E-state index contributed by atoms with van der Waals surface area (Å²) in [6.45, 7) is 6.94. The number of imidazole rings is 1. The highest BCUT2D eigenvalue weighted by Crippen LogP contribution is 2.16. The van der Waals surface area contributed by atoms with Crippen LogP contribution in [0, 0.1) is 5.92 Å². The van der Waals surface area contributed by atoms with Gasteiger partial charge in [0.25, 0.3) is 0 Å². The second-order valence-electron chi connectivity index (χ2n) is 5.09. The second kappa shape index (κ2) is 6.73. The van der Waals surface area contributed by atoms with Gasteiger partial charge in [0.1, 0.15) is 5.82 Å². The van der Waals surface area contributed by atoms with E-state index in [0.717, 1.165) is 36.0 Å². The zero-order valence-electron chi connectivity index (χ0n) is 11.4. The van der Waals surface area contributed by atoms with E-state index in [4.69, 9.17) is 11.6 Å². The molecule has 102 valence electrons. The number of nitrogens with zero attached hydrogens (tertiary/aromatic N) is 2.